The topological polar surface area (TPSA) is 0 Å². The highest BCUT2D eigenvalue weighted by atomic mass is 35.5. The second-order valence-corrected chi connectivity index (χ2v) is 3.70. The number of rotatable bonds is 0. The third-order valence-electron chi connectivity index (χ3n) is 2.72. The molecule has 0 aromatic rings. The molecule has 2 aliphatic carbocycles. The zero-order valence-corrected chi connectivity index (χ0v) is 5.94. The van der Waals surface area contributed by atoms with Crippen molar-refractivity contribution in [1.82, 2.24) is 0 Å². The van der Waals surface area contributed by atoms with Crippen molar-refractivity contribution in [1.29, 1.82) is 0 Å². The molecule has 2 aliphatic rings. The SMILES string of the molecule is FC1CC2CCC1C2Cl. The molecule has 0 nitrogen and oxygen atoms in total. The molecular weight excluding hydrogens is 139 g/mol. The Labute approximate surface area is 59.4 Å². The molecule has 0 aliphatic heterocycles. The van der Waals surface area contributed by atoms with Gasteiger partial charge in [0.1, 0.15) is 6.17 Å². The predicted octanol–water partition coefficient (Wildman–Crippen LogP) is 2.36. The molecule has 0 aromatic heterocycles. The van der Waals surface area contributed by atoms with Crippen molar-refractivity contribution in [2.75, 3.05) is 0 Å². The normalized spacial score (nSPS) is 56.7. The average molecular weight is 149 g/mol. The van der Waals surface area contributed by atoms with E-state index in [1.54, 1.807) is 0 Å². The van der Waals surface area contributed by atoms with Gasteiger partial charge in [0.05, 0.1) is 0 Å². The van der Waals surface area contributed by atoms with E-state index in [0.29, 0.717) is 5.92 Å². The van der Waals surface area contributed by atoms with Gasteiger partial charge in [0.25, 0.3) is 0 Å². The fourth-order valence-corrected chi connectivity index (χ4v) is 2.68. The summed E-state index contributed by atoms with van der Waals surface area (Å²) in [5, 5.41) is 0.167. The lowest BCUT2D eigenvalue weighted by Crippen LogP contribution is -2.12. The van der Waals surface area contributed by atoms with Gasteiger partial charge in [-0.1, -0.05) is 0 Å². The van der Waals surface area contributed by atoms with Crippen LogP contribution in [0.1, 0.15) is 19.3 Å². The lowest BCUT2D eigenvalue weighted by molar-refractivity contribution is 0.231. The van der Waals surface area contributed by atoms with Crippen LogP contribution in [0, 0.1) is 11.8 Å². The Morgan fingerprint density at radius 3 is 2.33 bits per heavy atom. The molecule has 2 saturated carbocycles. The smallest absolute Gasteiger partial charge is 0.105 e. The van der Waals surface area contributed by atoms with Gasteiger partial charge in [-0.05, 0) is 25.2 Å². The summed E-state index contributed by atoms with van der Waals surface area (Å²) in [5.74, 6) is 0.711. The maximum atomic E-state index is 12.8. The maximum Gasteiger partial charge on any atom is 0.105 e. The van der Waals surface area contributed by atoms with Crippen molar-refractivity contribution < 1.29 is 4.39 Å². The van der Waals surface area contributed by atoms with Crippen LogP contribution in [0.2, 0.25) is 0 Å². The van der Waals surface area contributed by atoms with E-state index in [4.69, 9.17) is 11.6 Å². The number of halogens is 2. The van der Waals surface area contributed by atoms with Gasteiger partial charge < -0.3 is 0 Å². The first-order valence-electron chi connectivity index (χ1n) is 3.57. The first-order chi connectivity index (χ1) is 4.29. The van der Waals surface area contributed by atoms with Crippen LogP contribution in [0.15, 0.2) is 0 Å². The van der Waals surface area contributed by atoms with E-state index in [0.717, 1.165) is 12.8 Å². The van der Waals surface area contributed by atoms with Gasteiger partial charge in [-0.3, -0.25) is 0 Å². The summed E-state index contributed by atoms with van der Waals surface area (Å²) in [5.41, 5.74) is 0. The van der Waals surface area contributed by atoms with E-state index >= 15 is 0 Å². The summed E-state index contributed by atoms with van der Waals surface area (Å²) in [6.45, 7) is 0. The van der Waals surface area contributed by atoms with E-state index in [1.165, 1.54) is 6.42 Å². The van der Waals surface area contributed by atoms with Gasteiger partial charge in [-0.25, -0.2) is 4.39 Å². The van der Waals surface area contributed by atoms with Crippen molar-refractivity contribution >= 4 is 11.6 Å². The summed E-state index contributed by atoms with van der Waals surface area (Å²) >= 11 is 5.93. The van der Waals surface area contributed by atoms with E-state index in [1.807, 2.05) is 0 Å². The van der Waals surface area contributed by atoms with E-state index < -0.39 is 6.17 Å². The van der Waals surface area contributed by atoms with Gasteiger partial charge in [-0.2, -0.15) is 0 Å². The number of hydrogen-bond acceptors (Lipinski definition) is 0. The summed E-state index contributed by atoms with van der Waals surface area (Å²) in [7, 11) is 0. The Kier molecular flexibility index (Phi) is 1.23. The number of fused-ring (bicyclic) bond motifs is 2. The average Bonchev–Trinajstić information content (AvgIpc) is 2.25. The van der Waals surface area contributed by atoms with Crippen LogP contribution in [0.3, 0.4) is 0 Å². The lowest BCUT2D eigenvalue weighted by Gasteiger charge is -2.11. The molecule has 9 heavy (non-hydrogen) atoms. The molecule has 2 heteroatoms. The van der Waals surface area contributed by atoms with Gasteiger partial charge in [0, 0.05) is 11.3 Å². The Hall–Kier alpha value is 0.220. The Morgan fingerprint density at radius 1 is 1.33 bits per heavy atom. The summed E-state index contributed by atoms with van der Waals surface area (Å²) in [6.07, 6.45) is 2.35. The van der Waals surface area contributed by atoms with Crippen LogP contribution in [-0.4, -0.2) is 11.5 Å². The highest BCUT2D eigenvalue weighted by Crippen LogP contribution is 2.48. The zero-order valence-electron chi connectivity index (χ0n) is 5.19. The lowest BCUT2D eigenvalue weighted by atomic mass is 9.99. The minimum absolute atomic E-state index is 0.167. The van der Waals surface area contributed by atoms with Gasteiger partial charge in [0.2, 0.25) is 0 Å². The Balaban J connectivity index is 2.16. The first-order valence-corrected chi connectivity index (χ1v) is 4.01. The predicted molar refractivity (Wildman–Crippen MR) is 35.4 cm³/mol. The molecule has 0 heterocycles. The monoisotopic (exact) mass is 148 g/mol. The third kappa shape index (κ3) is 0.706. The van der Waals surface area contributed by atoms with Crippen LogP contribution in [-0.2, 0) is 0 Å². The Morgan fingerprint density at radius 2 is 2.11 bits per heavy atom. The molecule has 52 valence electrons. The number of hydrogen-bond donors (Lipinski definition) is 0. The zero-order chi connectivity index (χ0) is 6.43. The van der Waals surface area contributed by atoms with Crippen LogP contribution >= 0.6 is 11.6 Å². The van der Waals surface area contributed by atoms with Crippen LogP contribution in [0.25, 0.3) is 0 Å². The third-order valence-corrected chi connectivity index (χ3v) is 3.40. The van der Waals surface area contributed by atoms with Crippen molar-refractivity contribution in [2.45, 2.75) is 30.8 Å². The quantitative estimate of drug-likeness (QED) is 0.463. The second-order valence-electron chi connectivity index (χ2n) is 3.20. The Bertz CT molecular complexity index is 126. The number of alkyl halides is 2. The molecule has 0 N–H and O–H groups in total. The molecule has 4 unspecified atom stereocenters. The minimum atomic E-state index is -0.578. The van der Waals surface area contributed by atoms with Gasteiger partial charge in [0.15, 0.2) is 0 Å². The summed E-state index contributed by atoms with van der Waals surface area (Å²) in [4.78, 5) is 0. The van der Waals surface area contributed by atoms with Crippen LogP contribution in [0.4, 0.5) is 4.39 Å². The van der Waals surface area contributed by atoms with Gasteiger partial charge >= 0.3 is 0 Å². The molecule has 0 radical (unpaired) electrons. The molecule has 2 fully saturated rings. The maximum absolute atomic E-state index is 12.8. The van der Waals surface area contributed by atoms with Crippen molar-refractivity contribution in [3.63, 3.8) is 0 Å². The molecule has 2 bridgehead atoms. The van der Waals surface area contributed by atoms with Crippen molar-refractivity contribution in [2.24, 2.45) is 11.8 Å². The van der Waals surface area contributed by atoms with Crippen molar-refractivity contribution in [3.05, 3.63) is 0 Å². The largest absolute Gasteiger partial charge is 0.247 e. The van der Waals surface area contributed by atoms with E-state index in [-0.39, 0.29) is 11.3 Å². The second kappa shape index (κ2) is 1.85. The van der Waals surface area contributed by atoms with Crippen molar-refractivity contribution in [3.8, 4) is 0 Å². The van der Waals surface area contributed by atoms with E-state index in [9.17, 15) is 4.39 Å². The highest BCUT2D eigenvalue weighted by molar-refractivity contribution is 6.21. The molecule has 4 atom stereocenters. The molecule has 0 amide bonds. The molecular formula is C7H10ClF. The molecule has 0 aromatic carbocycles. The summed E-state index contributed by atoms with van der Waals surface area (Å²) in [6, 6.07) is 0. The van der Waals surface area contributed by atoms with Crippen LogP contribution in [0.5, 0.6) is 0 Å². The highest BCUT2D eigenvalue weighted by Gasteiger charge is 2.47. The summed E-state index contributed by atoms with van der Waals surface area (Å²) < 4.78 is 12.8. The minimum Gasteiger partial charge on any atom is -0.247 e. The standard InChI is InChI=1S/C7H10ClF/c8-7-4-1-2-5(7)6(9)3-4/h4-7H,1-3H2. The molecule has 0 saturated heterocycles. The molecule has 2 rings (SSSR count). The van der Waals surface area contributed by atoms with Gasteiger partial charge in [-0.15, -0.1) is 11.6 Å². The fraction of sp³-hybridized carbons (Fsp3) is 1.00. The van der Waals surface area contributed by atoms with Crippen LogP contribution < -0.4 is 0 Å². The molecule has 0 spiro atoms. The fourth-order valence-electron chi connectivity index (χ4n) is 2.17. The van der Waals surface area contributed by atoms with E-state index in [2.05, 4.69) is 0 Å². The first kappa shape index (κ1) is 5.96.